The van der Waals surface area contributed by atoms with Gasteiger partial charge in [0.15, 0.2) is 0 Å². The summed E-state index contributed by atoms with van der Waals surface area (Å²) >= 11 is 0. The van der Waals surface area contributed by atoms with Gasteiger partial charge in [-0.3, -0.25) is 9.78 Å². The van der Waals surface area contributed by atoms with E-state index in [0.717, 1.165) is 4.09 Å². The Morgan fingerprint density at radius 2 is 2.09 bits per heavy atom. The summed E-state index contributed by atoms with van der Waals surface area (Å²) in [4.78, 5) is 15.9. The first-order valence-corrected chi connectivity index (χ1v) is 8.00. The number of pyridine rings is 1. The van der Waals surface area contributed by atoms with Gasteiger partial charge in [-0.2, -0.15) is 17.6 Å². The molecule has 8 nitrogen and oxygen atoms in total. The number of rotatable bonds is 4. The molecule has 0 aliphatic heterocycles. The summed E-state index contributed by atoms with van der Waals surface area (Å²) < 4.78 is 30.4. The van der Waals surface area contributed by atoms with E-state index in [0.29, 0.717) is 5.76 Å². The summed E-state index contributed by atoms with van der Waals surface area (Å²) in [5.41, 5.74) is 0.442. The monoisotopic (exact) mass is 332 g/mol. The van der Waals surface area contributed by atoms with E-state index in [1.165, 1.54) is 24.7 Å². The van der Waals surface area contributed by atoms with Crippen LogP contribution in [0.1, 0.15) is 16.2 Å². The summed E-state index contributed by atoms with van der Waals surface area (Å²) in [7, 11) is -3.93. The number of furan rings is 1. The predicted octanol–water partition coefficient (Wildman–Crippen LogP) is 1.67. The third kappa shape index (κ3) is 2.99. The zero-order chi connectivity index (χ0) is 16.4. The van der Waals surface area contributed by atoms with Gasteiger partial charge in [-0.1, -0.05) is 6.07 Å². The fraction of sp³-hybridized carbons (Fsp3) is 0.0714. The smallest absolute Gasteiger partial charge is 0.316 e. The first-order chi connectivity index (χ1) is 11.0. The normalized spacial score (nSPS) is 11.3. The number of aryl methyl sites for hydroxylation is 1. The standard InChI is InChI=1S/C14H12N4O4S/c1-10-5-6-13(22-10)23(20,21)18-9-11(8-16-18)17-14(19)12-4-2-3-7-15-12/h2-9H,1H3,(H,17,19). The van der Waals surface area contributed by atoms with Crippen LogP contribution in [0.25, 0.3) is 0 Å². The van der Waals surface area contributed by atoms with E-state index in [9.17, 15) is 13.2 Å². The summed E-state index contributed by atoms with van der Waals surface area (Å²) in [5.74, 6) is 0.0100. The molecule has 0 radical (unpaired) electrons. The van der Waals surface area contributed by atoms with E-state index in [2.05, 4.69) is 15.4 Å². The van der Waals surface area contributed by atoms with Crippen LogP contribution >= 0.6 is 0 Å². The number of amides is 1. The molecule has 0 saturated carbocycles. The maximum Gasteiger partial charge on any atom is 0.316 e. The van der Waals surface area contributed by atoms with Crippen molar-refractivity contribution in [3.63, 3.8) is 0 Å². The Kier molecular flexibility index (Phi) is 3.70. The number of anilines is 1. The Labute approximate surface area is 131 Å². The molecule has 1 amide bonds. The Morgan fingerprint density at radius 3 is 2.74 bits per heavy atom. The molecule has 0 spiro atoms. The fourth-order valence-corrected chi connectivity index (χ4v) is 2.92. The highest BCUT2D eigenvalue weighted by atomic mass is 32.2. The highest BCUT2D eigenvalue weighted by Crippen LogP contribution is 2.18. The van der Waals surface area contributed by atoms with Crippen LogP contribution in [0.3, 0.4) is 0 Å². The SMILES string of the molecule is Cc1ccc(S(=O)(=O)n2cc(NC(=O)c3ccccn3)cn2)o1. The van der Waals surface area contributed by atoms with Crippen molar-refractivity contribution >= 4 is 21.6 Å². The number of carbonyl (C=O) groups excluding carboxylic acids is 1. The number of nitrogens with zero attached hydrogens (tertiary/aromatic N) is 3. The van der Waals surface area contributed by atoms with Crippen molar-refractivity contribution in [3.8, 4) is 0 Å². The van der Waals surface area contributed by atoms with Crippen molar-refractivity contribution < 1.29 is 17.6 Å². The summed E-state index contributed by atoms with van der Waals surface area (Å²) in [5, 5.41) is 6.06. The van der Waals surface area contributed by atoms with E-state index in [1.807, 2.05) is 0 Å². The molecule has 0 aliphatic carbocycles. The molecule has 3 rings (SSSR count). The van der Waals surface area contributed by atoms with Gasteiger partial charge < -0.3 is 9.73 Å². The average molecular weight is 332 g/mol. The summed E-state index contributed by atoms with van der Waals surface area (Å²) in [6, 6.07) is 7.79. The van der Waals surface area contributed by atoms with Gasteiger partial charge in [-0.05, 0) is 31.2 Å². The molecule has 9 heteroatoms. The molecular weight excluding hydrogens is 320 g/mol. The molecular formula is C14H12N4O4S. The van der Waals surface area contributed by atoms with Crippen molar-refractivity contribution in [2.45, 2.75) is 12.0 Å². The molecule has 118 valence electrons. The van der Waals surface area contributed by atoms with Gasteiger partial charge in [0.05, 0.1) is 18.1 Å². The molecule has 3 aromatic heterocycles. The Balaban J connectivity index is 1.82. The predicted molar refractivity (Wildman–Crippen MR) is 80.4 cm³/mol. The van der Waals surface area contributed by atoms with Gasteiger partial charge in [-0.15, -0.1) is 0 Å². The van der Waals surface area contributed by atoms with Crippen LogP contribution in [0.2, 0.25) is 0 Å². The van der Waals surface area contributed by atoms with Gasteiger partial charge >= 0.3 is 10.0 Å². The fourth-order valence-electron chi connectivity index (χ4n) is 1.84. The minimum absolute atomic E-state index is 0.213. The molecule has 3 heterocycles. The number of hydrogen-bond acceptors (Lipinski definition) is 6. The number of carbonyl (C=O) groups is 1. The zero-order valence-electron chi connectivity index (χ0n) is 12.0. The molecule has 3 aromatic rings. The third-order valence-electron chi connectivity index (χ3n) is 2.93. The van der Waals surface area contributed by atoms with Crippen LogP contribution in [-0.4, -0.2) is 28.5 Å². The summed E-state index contributed by atoms with van der Waals surface area (Å²) in [6.45, 7) is 1.64. The van der Waals surface area contributed by atoms with Crippen LogP contribution in [-0.2, 0) is 10.0 Å². The van der Waals surface area contributed by atoms with E-state index in [4.69, 9.17) is 4.42 Å². The van der Waals surface area contributed by atoms with E-state index < -0.39 is 15.9 Å². The number of aromatic nitrogens is 3. The molecule has 0 bridgehead atoms. The first-order valence-electron chi connectivity index (χ1n) is 6.56. The lowest BCUT2D eigenvalue weighted by molar-refractivity contribution is 0.102. The van der Waals surface area contributed by atoms with Crippen molar-refractivity contribution in [1.82, 2.24) is 14.2 Å². The van der Waals surface area contributed by atoms with Crippen molar-refractivity contribution in [1.29, 1.82) is 0 Å². The highest BCUT2D eigenvalue weighted by Gasteiger charge is 2.22. The molecule has 23 heavy (non-hydrogen) atoms. The zero-order valence-corrected chi connectivity index (χ0v) is 12.8. The largest absolute Gasteiger partial charge is 0.448 e. The van der Waals surface area contributed by atoms with Gasteiger partial charge in [0.25, 0.3) is 5.91 Å². The number of hydrogen-bond donors (Lipinski definition) is 1. The quantitative estimate of drug-likeness (QED) is 0.779. The molecule has 1 N–H and O–H groups in total. The third-order valence-corrected chi connectivity index (χ3v) is 4.35. The van der Waals surface area contributed by atoms with Crippen LogP contribution in [0.15, 0.2) is 58.4 Å². The molecule has 0 aliphatic rings. The lowest BCUT2D eigenvalue weighted by Crippen LogP contribution is -2.14. The van der Waals surface area contributed by atoms with Crippen LogP contribution in [0, 0.1) is 6.92 Å². The van der Waals surface area contributed by atoms with Gasteiger partial charge in [0, 0.05) is 6.20 Å². The minimum Gasteiger partial charge on any atom is -0.448 e. The molecule has 0 atom stereocenters. The second kappa shape index (κ2) is 5.69. The molecule has 0 fully saturated rings. The second-order valence-corrected chi connectivity index (χ2v) is 6.37. The Morgan fingerprint density at radius 1 is 1.26 bits per heavy atom. The van der Waals surface area contributed by atoms with Gasteiger partial charge in [0.2, 0.25) is 5.09 Å². The van der Waals surface area contributed by atoms with E-state index in [1.54, 1.807) is 31.2 Å². The van der Waals surface area contributed by atoms with Crippen LogP contribution < -0.4 is 5.32 Å². The topological polar surface area (TPSA) is 107 Å². The van der Waals surface area contributed by atoms with Gasteiger partial charge in [-0.25, -0.2) is 0 Å². The highest BCUT2D eigenvalue weighted by molar-refractivity contribution is 7.89. The lowest BCUT2D eigenvalue weighted by Gasteiger charge is -2.01. The van der Waals surface area contributed by atoms with Crippen LogP contribution in [0.5, 0.6) is 0 Å². The van der Waals surface area contributed by atoms with Crippen molar-refractivity contribution in [2.75, 3.05) is 5.32 Å². The van der Waals surface area contributed by atoms with Gasteiger partial charge in [0.1, 0.15) is 11.5 Å². The number of nitrogens with one attached hydrogen (secondary N) is 1. The summed E-state index contributed by atoms with van der Waals surface area (Å²) in [6.07, 6.45) is 3.91. The maximum absolute atomic E-state index is 12.3. The maximum atomic E-state index is 12.3. The van der Waals surface area contributed by atoms with Crippen molar-refractivity contribution in [3.05, 3.63) is 60.4 Å². The molecule has 0 unspecified atom stereocenters. The lowest BCUT2D eigenvalue weighted by atomic mass is 10.3. The Bertz CT molecular complexity index is 944. The Hall–Kier alpha value is -2.94. The van der Waals surface area contributed by atoms with Crippen molar-refractivity contribution in [2.24, 2.45) is 0 Å². The van der Waals surface area contributed by atoms with E-state index in [-0.39, 0.29) is 16.5 Å². The second-order valence-electron chi connectivity index (χ2n) is 4.64. The average Bonchev–Trinajstić information content (AvgIpc) is 3.18. The molecule has 0 aromatic carbocycles. The van der Waals surface area contributed by atoms with E-state index >= 15 is 0 Å². The first kappa shape index (κ1) is 15.0. The molecule has 0 saturated heterocycles. The minimum atomic E-state index is -3.93. The van der Waals surface area contributed by atoms with Crippen LogP contribution in [0.4, 0.5) is 5.69 Å².